The molecule has 0 saturated heterocycles. The number of hydrogen-bond acceptors (Lipinski definition) is 3. The van der Waals surface area contributed by atoms with Gasteiger partial charge in [0.15, 0.2) is 0 Å². The zero-order valence-electron chi connectivity index (χ0n) is 17.6. The highest BCUT2D eigenvalue weighted by Gasteiger charge is 2.14. The molecule has 2 aromatic carbocycles. The number of allylic oxidation sites excluding steroid dienone is 3. The summed E-state index contributed by atoms with van der Waals surface area (Å²) in [4.78, 5) is 12.1. The SMILES string of the molecule is CC(C)=CCC/C(C)=C\COc1cc(C)cc2oc(=O)cc(-c3ccccc3)c12. The first-order valence-electron chi connectivity index (χ1n) is 10.00. The van der Waals surface area contributed by atoms with Gasteiger partial charge in [0.2, 0.25) is 0 Å². The molecule has 0 radical (unpaired) electrons. The molecule has 0 bridgehead atoms. The molecular weight excluding hydrogens is 360 g/mol. The van der Waals surface area contributed by atoms with E-state index in [9.17, 15) is 4.79 Å². The van der Waals surface area contributed by atoms with Gasteiger partial charge < -0.3 is 9.15 Å². The van der Waals surface area contributed by atoms with Crippen molar-refractivity contribution in [1.29, 1.82) is 0 Å². The average Bonchev–Trinajstić information content (AvgIpc) is 2.67. The molecule has 0 aliphatic rings. The minimum absolute atomic E-state index is 0.358. The Hall–Kier alpha value is -3.07. The van der Waals surface area contributed by atoms with Crippen molar-refractivity contribution in [2.24, 2.45) is 0 Å². The molecule has 1 heterocycles. The highest BCUT2D eigenvalue weighted by Crippen LogP contribution is 2.35. The van der Waals surface area contributed by atoms with Crippen molar-refractivity contribution in [1.82, 2.24) is 0 Å². The van der Waals surface area contributed by atoms with E-state index in [1.54, 1.807) is 6.07 Å². The highest BCUT2D eigenvalue weighted by atomic mass is 16.5. The standard InChI is InChI=1S/C26H28O3/c1-18(2)9-8-10-19(3)13-14-28-23-15-20(4)16-24-26(23)22(17-25(27)29-24)21-11-6-5-7-12-21/h5-7,9,11-13,15-17H,8,10,14H2,1-4H3/b19-13-. The van der Waals surface area contributed by atoms with Crippen LogP contribution in [0.2, 0.25) is 0 Å². The van der Waals surface area contributed by atoms with E-state index in [1.807, 2.05) is 49.4 Å². The summed E-state index contributed by atoms with van der Waals surface area (Å²) < 4.78 is 11.6. The summed E-state index contributed by atoms with van der Waals surface area (Å²) in [7, 11) is 0. The van der Waals surface area contributed by atoms with Gasteiger partial charge in [-0.25, -0.2) is 4.79 Å². The quantitative estimate of drug-likeness (QED) is 0.328. The summed E-state index contributed by atoms with van der Waals surface area (Å²) in [6.45, 7) is 8.82. The minimum atomic E-state index is -0.358. The zero-order chi connectivity index (χ0) is 20.8. The van der Waals surface area contributed by atoms with E-state index in [0.717, 1.165) is 40.7 Å². The summed E-state index contributed by atoms with van der Waals surface area (Å²) in [6.07, 6.45) is 6.43. The Balaban J connectivity index is 1.93. The number of fused-ring (bicyclic) bond motifs is 1. The molecule has 3 nitrogen and oxygen atoms in total. The van der Waals surface area contributed by atoms with E-state index < -0.39 is 0 Å². The van der Waals surface area contributed by atoms with Crippen LogP contribution in [0.15, 0.2) is 81.0 Å². The molecule has 0 amide bonds. The fraction of sp³-hybridized carbons (Fsp3) is 0.269. The normalized spacial score (nSPS) is 11.5. The molecule has 0 spiro atoms. The molecule has 0 aliphatic heterocycles. The van der Waals surface area contributed by atoms with Crippen LogP contribution in [0.1, 0.15) is 39.2 Å². The van der Waals surface area contributed by atoms with Gasteiger partial charge in [-0.1, -0.05) is 47.6 Å². The lowest BCUT2D eigenvalue weighted by atomic mass is 10.0. The van der Waals surface area contributed by atoms with Crippen molar-refractivity contribution >= 4 is 11.0 Å². The second-order valence-corrected chi connectivity index (χ2v) is 7.66. The third kappa shape index (κ3) is 5.47. The topological polar surface area (TPSA) is 39.4 Å². The second-order valence-electron chi connectivity index (χ2n) is 7.66. The highest BCUT2D eigenvalue weighted by molar-refractivity contribution is 5.98. The van der Waals surface area contributed by atoms with Crippen LogP contribution < -0.4 is 10.4 Å². The van der Waals surface area contributed by atoms with Gasteiger partial charge in [-0.2, -0.15) is 0 Å². The van der Waals surface area contributed by atoms with E-state index in [2.05, 4.69) is 32.9 Å². The maximum absolute atomic E-state index is 12.1. The fourth-order valence-corrected chi connectivity index (χ4v) is 3.32. The molecule has 0 atom stereocenters. The van der Waals surface area contributed by atoms with Crippen LogP contribution in [-0.2, 0) is 0 Å². The van der Waals surface area contributed by atoms with E-state index in [4.69, 9.17) is 9.15 Å². The first kappa shape index (κ1) is 20.7. The van der Waals surface area contributed by atoms with Crippen LogP contribution in [-0.4, -0.2) is 6.61 Å². The Morgan fingerprint density at radius 1 is 1.03 bits per heavy atom. The van der Waals surface area contributed by atoms with Gasteiger partial charge in [0, 0.05) is 11.6 Å². The summed E-state index contributed by atoms with van der Waals surface area (Å²) in [5, 5.41) is 0.831. The molecule has 0 aliphatic carbocycles. The average molecular weight is 389 g/mol. The second kappa shape index (κ2) is 9.42. The number of rotatable bonds is 7. The van der Waals surface area contributed by atoms with Crippen molar-refractivity contribution in [3.05, 3.63) is 87.8 Å². The van der Waals surface area contributed by atoms with Crippen LogP contribution >= 0.6 is 0 Å². The Bertz CT molecular complexity index is 1100. The largest absolute Gasteiger partial charge is 0.489 e. The summed E-state index contributed by atoms with van der Waals surface area (Å²) >= 11 is 0. The smallest absolute Gasteiger partial charge is 0.336 e. The van der Waals surface area contributed by atoms with Gasteiger partial charge in [0.05, 0.1) is 5.39 Å². The monoisotopic (exact) mass is 388 g/mol. The number of ether oxygens (including phenoxy) is 1. The maximum atomic E-state index is 12.1. The van der Waals surface area contributed by atoms with Crippen LogP contribution in [0.5, 0.6) is 5.75 Å². The van der Waals surface area contributed by atoms with Gasteiger partial charge in [0.25, 0.3) is 0 Å². The Kier molecular flexibility index (Phi) is 6.71. The Morgan fingerprint density at radius 3 is 2.52 bits per heavy atom. The van der Waals surface area contributed by atoms with Crippen molar-refractivity contribution < 1.29 is 9.15 Å². The molecule has 0 unspecified atom stereocenters. The number of benzene rings is 2. The third-order valence-electron chi connectivity index (χ3n) is 4.80. The molecule has 0 saturated carbocycles. The lowest BCUT2D eigenvalue weighted by Crippen LogP contribution is -2.02. The van der Waals surface area contributed by atoms with Gasteiger partial charge in [-0.05, 0) is 69.9 Å². The Labute approximate surface area is 172 Å². The minimum Gasteiger partial charge on any atom is -0.489 e. The van der Waals surface area contributed by atoms with E-state index in [0.29, 0.717) is 12.2 Å². The molecular formula is C26H28O3. The van der Waals surface area contributed by atoms with Crippen LogP contribution in [0, 0.1) is 6.92 Å². The van der Waals surface area contributed by atoms with Gasteiger partial charge in [-0.15, -0.1) is 0 Å². The molecule has 3 rings (SSSR count). The predicted octanol–water partition coefficient (Wildman–Crippen LogP) is 6.84. The van der Waals surface area contributed by atoms with Gasteiger partial charge in [0.1, 0.15) is 17.9 Å². The lowest BCUT2D eigenvalue weighted by molar-refractivity contribution is 0.365. The van der Waals surface area contributed by atoms with Gasteiger partial charge in [-0.3, -0.25) is 0 Å². The van der Waals surface area contributed by atoms with E-state index >= 15 is 0 Å². The molecule has 29 heavy (non-hydrogen) atoms. The first-order valence-corrected chi connectivity index (χ1v) is 10.00. The summed E-state index contributed by atoms with van der Waals surface area (Å²) in [5.41, 5.74) is 5.62. The van der Waals surface area contributed by atoms with Crippen molar-refractivity contribution in [2.45, 2.75) is 40.5 Å². The van der Waals surface area contributed by atoms with Crippen LogP contribution in [0.3, 0.4) is 0 Å². The molecule has 150 valence electrons. The zero-order valence-corrected chi connectivity index (χ0v) is 17.6. The summed E-state index contributed by atoms with van der Waals surface area (Å²) in [6, 6.07) is 15.3. The van der Waals surface area contributed by atoms with Crippen molar-refractivity contribution in [2.75, 3.05) is 6.61 Å². The maximum Gasteiger partial charge on any atom is 0.336 e. The Morgan fingerprint density at radius 2 is 1.79 bits per heavy atom. The molecule has 3 heteroatoms. The molecule has 0 N–H and O–H groups in total. The van der Waals surface area contributed by atoms with Crippen molar-refractivity contribution in [3.8, 4) is 16.9 Å². The fourth-order valence-electron chi connectivity index (χ4n) is 3.32. The molecule has 1 aromatic heterocycles. The van der Waals surface area contributed by atoms with Crippen LogP contribution in [0.4, 0.5) is 0 Å². The van der Waals surface area contributed by atoms with Crippen molar-refractivity contribution in [3.63, 3.8) is 0 Å². The lowest BCUT2D eigenvalue weighted by Gasteiger charge is -2.13. The van der Waals surface area contributed by atoms with Crippen LogP contribution in [0.25, 0.3) is 22.1 Å². The first-order chi connectivity index (χ1) is 13.9. The van der Waals surface area contributed by atoms with E-state index in [-0.39, 0.29) is 5.63 Å². The number of aryl methyl sites for hydroxylation is 1. The number of hydrogen-bond donors (Lipinski definition) is 0. The van der Waals surface area contributed by atoms with E-state index in [1.165, 1.54) is 11.1 Å². The predicted molar refractivity (Wildman–Crippen MR) is 121 cm³/mol. The molecule has 0 fully saturated rings. The third-order valence-corrected chi connectivity index (χ3v) is 4.80. The summed E-state index contributed by atoms with van der Waals surface area (Å²) in [5.74, 6) is 0.732. The van der Waals surface area contributed by atoms with Gasteiger partial charge >= 0.3 is 5.63 Å². The molecule has 3 aromatic rings.